The zero-order valence-corrected chi connectivity index (χ0v) is 27.4. The van der Waals surface area contributed by atoms with Crippen LogP contribution in [0.15, 0.2) is 66.9 Å². The summed E-state index contributed by atoms with van der Waals surface area (Å²) in [7, 11) is 5.52. The maximum atomic E-state index is 15.1. The molecule has 244 valence electrons. The van der Waals surface area contributed by atoms with Crippen LogP contribution in [0, 0.1) is 17.7 Å². The quantitative estimate of drug-likeness (QED) is 0.218. The number of imidazole rings is 1. The van der Waals surface area contributed by atoms with Crippen LogP contribution in [0.1, 0.15) is 36.0 Å². The molecule has 0 spiro atoms. The zero-order chi connectivity index (χ0) is 32.8. The molecule has 2 bridgehead atoms. The highest BCUT2D eigenvalue weighted by molar-refractivity contribution is 6.02. The van der Waals surface area contributed by atoms with Crippen LogP contribution in [0.25, 0.3) is 55.8 Å². The molecule has 4 heterocycles. The molecule has 2 saturated carbocycles. The molecule has 3 aromatic carbocycles. The van der Waals surface area contributed by atoms with E-state index in [2.05, 4.69) is 27.3 Å². The summed E-state index contributed by atoms with van der Waals surface area (Å²) < 4.78 is 27.2. The third kappa shape index (κ3) is 4.42. The molecular weight excluding hydrogens is 605 g/mol. The average Bonchev–Trinajstić information content (AvgIpc) is 3.31. The number of fused-ring (bicyclic) bond motifs is 4. The van der Waals surface area contributed by atoms with Gasteiger partial charge in [-0.1, -0.05) is 30.3 Å². The molecule has 3 aliphatic rings. The van der Waals surface area contributed by atoms with Crippen molar-refractivity contribution in [1.82, 2.24) is 28.8 Å². The first-order chi connectivity index (χ1) is 23.3. The molecule has 1 amide bonds. The van der Waals surface area contributed by atoms with Gasteiger partial charge in [0.1, 0.15) is 22.8 Å². The molecule has 1 aliphatic heterocycles. The molecule has 48 heavy (non-hydrogen) atoms. The Morgan fingerprint density at radius 2 is 1.79 bits per heavy atom. The number of rotatable bonds is 7. The molecule has 0 radical (unpaired) electrons. The Kier molecular flexibility index (Phi) is 6.56. The van der Waals surface area contributed by atoms with Gasteiger partial charge in [0.15, 0.2) is 5.82 Å². The number of nitrogens with zero attached hydrogens (tertiary/aromatic N) is 6. The third-order valence-electron chi connectivity index (χ3n) is 10.9. The van der Waals surface area contributed by atoms with Crippen LogP contribution < -0.4 is 10.5 Å². The first-order valence-electron chi connectivity index (χ1n) is 16.8. The van der Waals surface area contributed by atoms with Gasteiger partial charge >= 0.3 is 0 Å². The van der Waals surface area contributed by atoms with E-state index < -0.39 is 0 Å². The van der Waals surface area contributed by atoms with Crippen LogP contribution in [0.2, 0.25) is 0 Å². The second-order valence-corrected chi connectivity index (χ2v) is 13.9. The molecule has 2 unspecified atom stereocenters. The van der Waals surface area contributed by atoms with Gasteiger partial charge in [0, 0.05) is 73.1 Å². The van der Waals surface area contributed by atoms with E-state index in [9.17, 15) is 4.79 Å². The molecular formula is C38H38FN7O2. The zero-order valence-electron chi connectivity index (χ0n) is 27.4. The molecule has 1 saturated heterocycles. The number of methoxy groups -OCH3 is 1. The molecule has 9 rings (SSSR count). The fourth-order valence-corrected chi connectivity index (χ4v) is 8.28. The van der Waals surface area contributed by atoms with E-state index in [0.717, 1.165) is 58.5 Å². The molecule has 3 atom stereocenters. The van der Waals surface area contributed by atoms with Crippen molar-refractivity contribution in [3.63, 3.8) is 0 Å². The van der Waals surface area contributed by atoms with E-state index in [1.807, 2.05) is 49.5 Å². The monoisotopic (exact) mass is 643 g/mol. The van der Waals surface area contributed by atoms with E-state index in [-0.39, 0.29) is 23.8 Å². The molecule has 10 heteroatoms. The lowest BCUT2D eigenvalue weighted by Gasteiger charge is -2.27. The lowest BCUT2D eigenvalue weighted by Crippen LogP contribution is -2.41. The number of hydrogen-bond acceptors (Lipinski definition) is 5. The minimum Gasteiger partial charge on any atom is -0.494 e. The second kappa shape index (κ2) is 10.8. The van der Waals surface area contributed by atoms with Gasteiger partial charge in [0.25, 0.3) is 5.91 Å². The Morgan fingerprint density at radius 1 is 0.979 bits per heavy atom. The number of benzene rings is 3. The van der Waals surface area contributed by atoms with Crippen molar-refractivity contribution in [3.8, 4) is 39.7 Å². The molecule has 6 aromatic rings. The summed E-state index contributed by atoms with van der Waals surface area (Å²) in [6.45, 7) is 1.55. The van der Waals surface area contributed by atoms with E-state index in [0.29, 0.717) is 46.5 Å². The number of carbonyl (C=O) groups is 1. The van der Waals surface area contributed by atoms with Gasteiger partial charge in [-0.2, -0.15) is 5.10 Å². The lowest BCUT2D eigenvalue weighted by molar-refractivity contribution is 0.0700. The van der Waals surface area contributed by atoms with E-state index in [1.165, 1.54) is 18.9 Å². The van der Waals surface area contributed by atoms with Gasteiger partial charge in [0.2, 0.25) is 0 Å². The van der Waals surface area contributed by atoms with E-state index in [1.54, 1.807) is 23.9 Å². The van der Waals surface area contributed by atoms with Crippen LogP contribution in [-0.4, -0.2) is 60.4 Å². The number of likely N-dealkylation sites (tertiary alicyclic amines) is 1. The van der Waals surface area contributed by atoms with Crippen molar-refractivity contribution in [2.75, 3.05) is 13.7 Å². The Morgan fingerprint density at radius 3 is 2.52 bits per heavy atom. The highest BCUT2D eigenvalue weighted by atomic mass is 19.1. The Labute approximate surface area is 277 Å². The van der Waals surface area contributed by atoms with E-state index >= 15 is 4.39 Å². The summed E-state index contributed by atoms with van der Waals surface area (Å²) in [6.07, 6.45) is 6.38. The second-order valence-electron chi connectivity index (χ2n) is 13.9. The number of nitrogens with two attached hydrogens (primary N) is 1. The summed E-state index contributed by atoms with van der Waals surface area (Å²) in [5, 5.41) is 5.79. The lowest BCUT2D eigenvalue weighted by atomic mass is 9.99. The molecule has 2 N–H and O–H groups in total. The summed E-state index contributed by atoms with van der Waals surface area (Å²) in [5.74, 6) is 2.03. The number of para-hydroxylation sites is 1. The highest BCUT2D eigenvalue weighted by Gasteiger charge is 2.47. The third-order valence-corrected chi connectivity index (χ3v) is 10.9. The van der Waals surface area contributed by atoms with Gasteiger partial charge in [-0.15, -0.1) is 0 Å². The summed E-state index contributed by atoms with van der Waals surface area (Å²) in [6, 6.07) is 19.2. The normalized spacial score (nSPS) is 20.4. The van der Waals surface area contributed by atoms with Crippen LogP contribution in [-0.2, 0) is 20.6 Å². The Balaban J connectivity index is 1.21. The van der Waals surface area contributed by atoms with Gasteiger partial charge in [-0.05, 0) is 67.9 Å². The number of carbonyl (C=O) groups excluding carboxylic acids is 1. The summed E-state index contributed by atoms with van der Waals surface area (Å²) in [5.41, 5.74) is 13.6. The van der Waals surface area contributed by atoms with Crippen LogP contribution in [0.3, 0.4) is 0 Å². The predicted molar refractivity (Wildman–Crippen MR) is 184 cm³/mol. The summed E-state index contributed by atoms with van der Waals surface area (Å²) >= 11 is 0. The Hall–Kier alpha value is -4.96. The topological polar surface area (TPSA) is 96.1 Å². The molecule has 9 nitrogen and oxygen atoms in total. The minimum absolute atomic E-state index is 0.0142. The van der Waals surface area contributed by atoms with Crippen molar-refractivity contribution in [2.45, 2.75) is 44.3 Å². The maximum absolute atomic E-state index is 15.1. The van der Waals surface area contributed by atoms with Gasteiger partial charge in [-0.3, -0.25) is 9.48 Å². The van der Waals surface area contributed by atoms with Crippen molar-refractivity contribution in [1.29, 1.82) is 0 Å². The standard InChI is InChI=1S/C38H38FN7O2/c1-43-20-27(34(42-43)26-8-4-5-10-28(26)39)25-9-6-7-22-16-31(45(35(22)25)18-21-11-12-21)37-41-29-15-24(17-32(48-3)36(29)44(37)2)38(47)46-19-23-13-14-30(46)33(23)40/h4-10,15-17,20-21,23,30,33H,11-14,18-19,40H2,1-3H3/t23?,30?,33-/m1/s1. The first-order valence-corrected chi connectivity index (χ1v) is 16.8. The average molecular weight is 644 g/mol. The molecule has 3 fully saturated rings. The van der Waals surface area contributed by atoms with Crippen molar-refractivity contribution < 1.29 is 13.9 Å². The van der Waals surface area contributed by atoms with Gasteiger partial charge < -0.3 is 24.5 Å². The largest absolute Gasteiger partial charge is 0.494 e. The first kappa shape index (κ1) is 29.2. The fourth-order valence-electron chi connectivity index (χ4n) is 8.28. The maximum Gasteiger partial charge on any atom is 0.254 e. The summed E-state index contributed by atoms with van der Waals surface area (Å²) in [4.78, 5) is 21.0. The van der Waals surface area contributed by atoms with Gasteiger partial charge in [-0.25, -0.2) is 9.37 Å². The molecule has 2 aliphatic carbocycles. The number of aryl methyl sites for hydroxylation is 2. The number of hydrogen-bond donors (Lipinski definition) is 1. The van der Waals surface area contributed by atoms with Crippen molar-refractivity contribution in [2.24, 2.45) is 31.7 Å². The van der Waals surface area contributed by atoms with Crippen molar-refractivity contribution in [3.05, 3.63) is 78.2 Å². The van der Waals surface area contributed by atoms with Gasteiger partial charge in [0.05, 0.1) is 23.8 Å². The molecule has 3 aromatic heterocycles. The predicted octanol–water partition coefficient (Wildman–Crippen LogP) is 6.38. The number of halogens is 1. The van der Waals surface area contributed by atoms with Crippen LogP contribution in [0.5, 0.6) is 5.75 Å². The number of ether oxygens (including phenoxy) is 1. The smallest absolute Gasteiger partial charge is 0.254 e. The number of aromatic nitrogens is 5. The minimum atomic E-state index is -0.301. The van der Waals surface area contributed by atoms with Crippen molar-refractivity contribution >= 4 is 27.8 Å². The SMILES string of the molecule is COc1cc(C(=O)N2CC3CCC2[C@@H]3N)cc2nc(-c3cc4cccc(-c5cn(C)nc5-c5ccccc5F)c4n3CC3CC3)n(C)c12. The Bertz CT molecular complexity index is 2260. The number of piperidine rings is 1. The number of amides is 1. The van der Waals surface area contributed by atoms with Crippen LogP contribution in [0.4, 0.5) is 4.39 Å². The van der Waals surface area contributed by atoms with Crippen LogP contribution >= 0.6 is 0 Å². The highest BCUT2D eigenvalue weighted by Crippen LogP contribution is 2.43. The fraction of sp³-hybridized carbons (Fsp3) is 0.342. The van der Waals surface area contributed by atoms with E-state index in [4.69, 9.17) is 20.6 Å².